The average molecular weight is 432 g/mol. The zero-order valence-corrected chi connectivity index (χ0v) is 17.3. The third-order valence-electron chi connectivity index (χ3n) is 4.55. The number of fused-ring (bicyclic) bond motifs is 1. The molecule has 0 radical (unpaired) electrons. The number of ether oxygens (including phenoxy) is 1. The van der Waals surface area contributed by atoms with Crippen molar-refractivity contribution in [2.24, 2.45) is 0 Å². The molecule has 0 N–H and O–H groups in total. The van der Waals surface area contributed by atoms with E-state index in [1.54, 1.807) is 18.2 Å². The lowest BCUT2D eigenvalue weighted by molar-refractivity contribution is 0.00705. The number of rotatable bonds is 5. The second-order valence-corrected chi connectivity index (χ2v) is 8.35. The van der Waals surface area contributed by atoms with Gasteiger partial charge in [0, 0.05) is 30.8 Å². The SMILES string of the molecule is COc1cc2c(nc1Cl)N(c1cccc(F)c1)C[C@@H](CCC(C)(F)F)N(C)S2. The zero-order chi connectivity index (χ0) is 20.5. The zero-order valence-electron chi connectivity index (χ0n) is 15.8. The Balaban J connectivity index is 2.04. The Morgan fingerprint density at radius 1 is 1.36 bits per heavy atom. The number of anilines is 2. The van der Waals surface area contributed by atoms with Crippen LogP contribution in [0.2, 0.25) is 5.15 Å². The smallest absolute Gasteiger partial charge is 0.245 e. The van der Waals surface area contributed by atoms with Crippen molar-refractivity contribution in [2.75, 3.05) is 25.6 Å². The molecule has 0 unspecified atom stereocenters. The predicted molar refractivity (Wildman–Crippen MR) is 106 cm³/mol. The second kappa shape index (κ2) is 8.39. The highest BCUT2D eigenvalue weighted by molar-refractivity contribution is 7.97. The largest absolute Gasteiger partial charge is 0.493 e. The lowest BCUT2D eigenvalue weighted by Crippen LogP contribution is -2.36. The highest BCUT2D eigenvalue weighted by atomic mass is 35.5. The number of hydrogen-bond acceptors (Lipinski definition) is 5. The molecule has 152 valence electrons. The fourth-order valence-electron chi connectivity index (χ4n) is 3.06. The number of halogens is 4. The van der Waals surface area contributed by atoms with E-state index in [9.17, 15) is 13.2 Å². The molecule has 0 bridgehead atoms. The second-order valence-electron chi connectivity index (χ2n) is 6.79. The highest BCUT2D eigenvalue weighted by Crippen LogP contribution is 2.43. The van der Waals surface area contributed by atoms with Gasteiger partial charge in [0.05, 0.1) is 12.0 Å². The minimum absolute atomic E-state index is 0.185. The highest BCUT2D eigenvalue weighted by Gasteiger charge is 2.32. The van der Waals surface area contributed by atoms with Crippen molar-refractivity contribution in [3.05, 3.63) is 41.3 Å². The average Bonchev–Trinajstić information content (AvgIpc) is 2.75. The third-order valence-corrected chi connectivity index (χ3v) is 5.91. The van der Waals surface area contributed by atoms with Gasteiger partial charge in [-0.25, -0.2) is 22.5 Å². The molecule has 9 heteroatoms. The summed E-state index contributed by atoms with van der Waals surface area (Å²) in [6.07, 6.45) is 0.0328. The first-order valence-electron chi connectivity index (χ1n) is 8.74. The maximum Gasteiger partial charge on any atom is 0.245 e. The molecule has 0 saturated carbocycles. The van der Waals surface area contributed by atoms with Gasteiger partial charge >= 0.3 is 0 Å². The van der Waals surface area contributed by atoms with Gasteiger partial charge in [0.15, 0.2) is 10.9 Å². The van der Waals surface area contributed by atoms with E-state index in [1.165, 1.54) is 31.2 Å². The Kier molecular flexibility index (Phi) is 6.31. The Morgan fingerprint density at radius 3 is 2.75 bits per heavy atom. The van der Waals surface area contributed by atoms with Crippen LogP contribution in [-0.4, -0.2) is 42.0 Å². The maximum absolute atomic E-state index is 13.9. The van der Waals surface area contributed by atoms with Crippen LogP contribution in [-0.2, 0) is 0 Å². The molecule has 0 spiro atoms. The number of likely N-dealkylation sites (N-methyl/N-ethyl adjacent to an activating group) is 1. The van der Waals surface area contributed by atoms with Crippen LogP contribution in [0.15, 0.2) is 35.2 Å². The van der Waals surface area contributed by atoms with Crippen LogP contribution in [0.4, 0.5) is 24.7 Å². The molecule has 1 aromatic heterocycles. The molecule has 28 heavy (non-hydrogen) atoms. The molecule has 0 fully saturated rings. The Bertz CT molecular complexity index is 850. The van der Waals surface area contributed by atoms with Gasteiger partial charge in [0.2, 0.25) is 5.92 Å². The summed E-state index contributed by atoms with van der Waals surface area (Å²) in [5.74, 6) is -2.18. The fourth-order valence-corrected chi connectivity index (χ4v) is 4.30. The van der Waals surface area contributed by atoms with E-state index in [1.807, 2.05) is 16.3 Å². The summed E-state index contributed by atoms with van der Waals surface area (Å²) < 4.78 is 48.0. The van der Waals surface area contributed by atoms with Gasteiger partial charge in [0.25, 0.3) is 0 Å². The quantitative estimate of drug-likeness (QED) is 0.442. The summed E-state index contributed by atoms with van der Waals surface area (Å²) in [5.41, 5.74) is 0.583. The molecular formula is C19H21ClF3N3OS. The van der Waals surface area contributed by atoms with Gasteiger partial charge in [-0.2, -0.15) is 0 Å². The molecule has 2 heterocycles. The van der Waals surface area contributed by atoms with Gasteiger partial charge in [-0.15, -0.1) is 0 Å². The number of methoxy groups -OCH3 is 1. The molecule has 4 nitrogen and oxygen atoms in total. The van der Waals surface area contributed by atoms with Gasteiger partial charge in [-0.3, -0.25) is 0 Å². The molecule has 0 saturated heterocycles. The van der Waals surface area contributed by atoms with Crippen molar-refractivity contribution in [1.82, 2.24) is 9.29 Å². The number of benzene rings is 1. The maximum atomic E-state index is 13.9. The third kappa shape index (κ3) is 4.85. The summed E-state index contributed by atoms with van der Waals surface area (Å²) in [7, 11) is 3.35. The first kappa shape index (κ1) is 21.1. The standard InChI is InChI=1S/C19H21ClF3N3OS/c1-19(22,23)8-7-14-11-26(13-6-4-5-12(21)9-13)18-16(28-25(14)2)10-15(27-3)17(20)24-18/h4-6,9-10,14H,7-8,11H2,1-3H3/t14-/m1/s1. The normalized spacial score (nSPS) is 18.0. The Labute approximate surface area is 171 Å². The molecule has 1 aliphatic heterocycles. The Morgan fingerprint density at radius 2 is 2.11 bits per heavy atom. The van der Waals surface area contributed by atoms with E-state index < -0.39 is 5.92 Å². The first-order chi connectivity index (χ1) is 13.2. The van der Waals surface area contributed by atoms with Crippen molar-refractivity contribution in [3.63, 3.8) is 0 Å². The topological polar surface area (TPSA) is 28.6 Å². The predicted octanol–water partition coefficient (Wildman–Crippen LogP) is 5.78. The van der Waals surface area contributed by atoms with Gasteiger partial charge in [-0.1, -0.05) is 17.7 Å². The van der Waals surface area contributed by atoms with Crippen molar-refractivity contribution in [2.45, 2.75) is 36.6 Å². The van der Waals surface area contributed by atoms with Crippen LogP contribution in [0.3, 0.4) is 0 Å². The molecule has 1 atom stereocenters. The summed E-state index contributed by atoms with van der Waals surface area (Å²) in [5, 5.41) is 0.185. The van der Waals surface area contributed by atoms with Crippen molar-refractivity contribution in [3.8, 4) is 5.75 Å². The van der Waals surface area contributed by atoms with Gasteiger partial charge in [-0.05, 0) is 50.5 Å². The molecule has 0 aliphatic carbocycles. The summed E-state index contributed by atoms with van der Waals surface area (Å²) in [6, 6.07) is 7.66. The van der Waals surface area contributed by atoms with Crippen LogP contribution in [0, 0.1) is 5.82 Å². The number of alkyl halides is 2. The van der Waals surface area contributed by atoms with E-state index in [0.717, 1.165) is 11.8 Å². The van der Waals surface area contributed by atoms with Gasteiger partial charge in [0.1, 0.15) is 11.6 Å². The molecule has 2 aromatic rings. The molecule has 1 aromatic carbocycles. The molecule has 1 aliphatic rings. The number of aromatic nitrogens is 1. The van der Waals surface area contributed by atoms with Crippen LogP contribution < -0.4 is 9.64 Å². The van der Waals surface area contributed by atoms with E-state index >= 15 is 0 Å². The van der Waals surface area contributed by atoms with Crippen LogP contribution in [0.5, 0.6) is 5.75 Å². The number of nitrogens with zero attached hydrogens (tertiary/aromatic N) is 3. The summed E-state index contributed by atoms with van der Waals surface area (Å²) in [6.45, 7) is 1.29. The van der Waals surface area contributed by atoms with E-state index in [2.05, 4.69) is 4.98 Å². The fraction of sp³-hybridized carbons (Fsp3) is 0.421. The lowest BCUT2D eigenvalue weighted by Gasteiger charge is -2.30. The Hall–Kier alpha value is -1.64. The van der Waals surface area contributed by atoms with Crippen LogP contribution in [0.25, 0.3) is 0 Å². The number of pyridine rings is 1. The van der Waals surface area contributed by atoms with Crippen molar-refractivity contribution < 1.29 is 17.9 Å². The monoisotopic (exact) mass is 431 g/mol. The molecule has 0 amide bonds. The van der Waals surface area contributed by atoms with Crippen LogP contribution >= 0.6 is 23.5 Å². The minimum atomic E-state index is -2.75. The van der Waals surface area contributed by atoms with Crippen LogP contribution in [0.1, 0.15) is 19.8 Å². The number of hydrogen-bond donors (Lipinski definition) is 0. The van der Waals surface area contributed by atoms with Crippen molar-refractivity contribution >= 4 is 35.1 Å². The molecular weight excluding hydrogens is 411 g/mol. The van der Waals surface area contributed by atoms with Gasteiger partial charge < -0.3 is 9.64 Å². The minimum Gasteiger partial charge on any atom is -0.493 e. The summed E-state index contributed by atoms with van der Waals surface area (Å²) >= 11 is 7.62. The summed E-state index contributed by atoms with van der Waals surface area (Å²) in [4.78, 5) is 7.03. The van der Waals surface area contributed by atoms with E-state index in [4.69, 9.17) is 16.3 Å². The lowest BCUT2D eigenvalue weighted by atomic mass is 10.1. The van der Waals surface area contributed by atoms with E-state index in [0.29, 0.717) is 23.8 Å². The van der Waals surface area contributed by atoms with E-state index in [-0.39, 0.29) is 29.9 Å². The first-order valence-corrected chi connectivity index (χ1v) is 9.89. The van der Waals surface area contributed by atoms with Crippen molar-refractivity contribution in [1.29, 1.82) is 0 Å². The molecule has 3 rings (SSSR count).